The van der Waals surface area contributed by atoms with Gasteiger partial charge < -0.3 is 9.73 Å². The van der Waals surface area contributed by atoms with Crippen LogP contribution in [0.5, 0.6) is 0 Å². The lowest BCUT2D eigenvalue weighted by Gasteiger charge is -2.10. The van der Waals surface area contributed by atoms with Crippen LogP contribution in [0.25, 0.3) is 0 Å². The van der Waals surface area contributed by atoms with Gasteiger partial charge in [-0.15, -0.1) is 0 Å². The molecule has 1 aliphatic rings. The van der Waals surface area contributed by atoms with E-state index in [-0.39, 0.29) is 21.1 Å². The zero-order valence-corrected chi connectivity index (χ0v) is 13.9. The number of hydrogen-bond acceptors (Lipinski definition) is 6. The monoisotopic (exact) mass is 386 g/mol. The van der Waals surface area contributed by atoms with E-state index >= 15 is 0 Å². The third-order valence-electron chi connectivity index (χ3n) is 2.90. The van der Waals surface area contributed by atoms with Gasteiger partial charge in [0.1, 0.15) is 10.7 Å². The lowest BCUT2D eigenvalue weighted by Crippen LogP contribution is -2.35. The second kappa shape index (κ2) is 5.76. The average molecular weight is 387 g/mol. The maximum absolute atomic E-state index is 12.2. The van der Waals surface area contributed by atoms with E-state index in [1.54, 1.807) is 7.05 Å². The predicted molar refractivity (Wildman–Crippen MR) is 76.6 cm³/mol. The minimum absolute atomic E-state index is 0.0117. The lowest BCUT2D eigenvalue weighted by atomic mass is 10.3. The molecule has 1 atom stereocenters. The first kappa shape index (κ1) is 16.0. The van der Waals surface area contributed by atoms with Crippen LogP contribution in [0.15, 0.2) is 20.0 Å². The van der Waals surface area contributed by atoms with Crippen molar-refractivity contribution in [1.29, 1.82) is 0 Å². The van der Waals surface area contributed by atoms with Gasteiger partial charge >= 0.3 is 0 Å². The highest BCUT2D eigenvalue weighted by Gasteiger charge is 2.33. The summed E-state index contributed by atoms with van der Waals surface area (Å²) >= 11 is 3.06. The molecule has 1 fully saturated rings. The van der Waals surface area contributed by atoms with Gasteiger partial charge in [0.05, 0.1) is 18.1 Å². The fourth-order valence-electron chi connectivity index (χ4n) is 2.01. The van der Waals surface area contributed by atoms with Gasteiger partial charge in [-0.1, -0.05) is 0 Å². The van der Waals surface area contributed by atoms with Crippen LogP contribution in [-0.4, -0.2) is 41.4 Å². The highest BCUT2D eigenvalue weighted by molar-refractivity contribution is 9.10. The Bertz CT molecular complexity index is 695. The molecule has 1 unspecified atom stereocenters. The van der Waals surface area contributed by atoms with Gasteiger partial charge in [0, 0.05) is 12.1 Å². The molecule has 1 aliphatic heterocycles. The van der Waals surface area contributed by atoms with E-state index in [4.69, 9.17) is 4.42 Å². The summed E-state index contributed by atoms with van der Waals surface area (Å²) in [6, 6.07) is 0.825. The van der Waals surface area contributed by atoms with E-state index in [2.05, 4.69) is 26.0 Å². The number of sulfone groups is 1. The second-order valence-corrected chi connectivity index (χ2v) is 9.23. The number of hydrogen-bond donors (Lipinski definition) is 2. The van der Waals surface area contributed by atoms with E-state index in [0.29, 0.717) is 18.7 Å². The summed E-state index contributed by atoms with van der Waals surface area (Å²) in [6.45, 7) is 0.395. The third kappa shape index (κ3) is 3.61. The molecule has 0 bridgehead atoms. The normalized spacial score (nSPS) is 22.2. The first-order valence-corrected chi connectivity index (χ1v) is 9.99. The highest BCUT2D eigenvalue weighted by atomic mass is 79.9. The summed E-state index contributed by atoms with van der Waals surface area (Å²) in [5.41, 5.74) is 0. The standard InChI is InChI=1S/C10H15BrN2O5S2/c1-12-5-8-4-9(10(11)18-8)20(16,17)13-7-2-3-19(14,15)6-7/h4,7,12-13H,2-3,5-6H2,1H3. The smallest absolute Gasteiger partial charge is 0.245 e. The zero-order valence-electron chi connectivity index (χ0n) is 10.7. The SMILES string of the molecule is CNCc1cc(S(=O)(=O)NC2CCS(=O)(=O)C2)c(Br)o1. The molecule has 0 spiro atoms. The third-order valence-corrected chi connectivity index (χ3v) is 7.05. The van der Waals surface area contributed by atoms with Crippen LogP contribution in [0.3, 0.4) is 0 Å². The summed E-state index contributed by atoms with van der Waals surface area (Å²) in [7, 11) is -5.23. The Morgan fingerprint density at radius 1 is 1.50 bits per heavy atom. The van der Waals surface area contributed by atoms with Crippen molar-refractivity contribution in [2.75, 3.05) is 18.6 Å². The average Bonchev–Trinajstić information content (AvgIpc) is 2.82. The number of rotatable bonds is 5. The van der Waals surface area contributed by atoms with Gasteiger partial charge in [-0.2, -0.15) is 0 Å². The van der Waals surface area contributed by atoms with Crippen LogP contribution in [0.4, 0.5) is 0 Å². The predicted octanol–water partition coefficient (Wildman–Crippen LogP) is 0.227. The summed E-state index contributed by atoms with van der Waals surface area (Å²) in [5.74, 6) is 0.321. The van der Waals surface area contributed by atoms with Gasteiger partial charge in [0.2, 0.25) is 10.0 Å². The molecule has 1 aromatic rings. The molecule has 0 amide bonds. The molecule has 0 saturated carbocycles. The molecule has 2 N–H and O–H groups in total. The molecule has 2 rings (SSSR count). The van der Waals surface area contributed by atoms with E-state index in [9.17, 15) is 16.8 Å². The van der Waals surface area contributed by atoms with E-state index < -0.39 is 25.9 Å². The maximum Gasteiger partial charge on any atom is 0.245 e. The zero-order chi connectivity index (χ0) is 15.0. The molecular weight excluding hydrogens is 372 g/mol. The van der Waals surface area contributed by atoms with Crippen LogP contribution < -0.4 is 10.0 Å². The fraction of sp³-hybridized carbons (Fsp3) is 0.600. The van der Waals surface area contributed by atoms with Crippen molar-refractivity contribution in [2.45, 2.75) is 23.9 Å². The van der Waals surface area contributed by atoms with Crippen LogP contribution in [0, 0.1) is 0 Å². The van der Waals surface area contributed by atoms with Crippen molar-refractivity contribution in [2.24, 2.45) is 0 Å². The Labute approximate surface area is 126 Å². The first-order chi connectivity index (χ1) is 9.23. The molecule has 10 heteroatoms. The molecule has 0 aliphatic carbocycles. The molecular formula is C10H15BrN2O5S2. The van der Waals surface area contributed by atoms with Gasteiger partial charge in [-0.25, -0.2) is 21.6 Å². The van der Waals surface area contributed by atoms with Crippen LogP contribution in [-0.2, 0) is 26.4 Å². The quantitative estimate of drug-likeness (QED) is 0.749. The van der Waals surface area contributed by atoms with Gasteiger partial charge in [-0.05, 0) is 29.4 Å². The maximum atomic E-state index is 12.2. The lowest BCUT2D eigenvalue weighted by molar-refractivity contribution is 0.469. The Kier molecular flexibility index (Phi) is 4.59. The van der Waals surface area contributed by atoms with Crippen LogP contribution in [0.2, 0.25) is 0 Å². The Morgan fingerprint density at radius 3 is 2.75 bits per heavy atom. The van der Waals surface area contributed by atoms with Crippen molar-refractivity contribution < 1.29 is 21.3 Å². The number of furan rings is 1. The molecule has 7 nitrogen and oxygen atoms in total. The van der Waals surface area contributed by atoms with Crippen molar-refractivity contribution in [1.82, 2.24) is 10.0 Å². The van der Waals surface area contributed by atoms with Gasteiger partial charge in [0.15, 0.2) is 14.5 Å². The summed E-state index contributed by atoms with van der Waals surface area (Å²) < 4.78 is 54.9. The molecule has 0 aromatic carbocycles. The largest absolute Gasteiger partial charge is 0.452 e. The summed E-state index contributed by atoms with van der Waals surface area (Å²) in [4.78, 5) is -0.0213. The van der Waals surface area contributed by atoms with Crippen molar-refractivity contribution >= 4 is 35.8 Å². The number of halogens is 1. The minimum atomic E-state index is -3.80. The van der Waals surface area contributed by atoms with Crippen molar-refractivity contribution in [3.63, 3.8) is 0 Å². The Balaban J connectivity index is 2.18. The highest BCUT2D eigenvalue weighted by Crippen LogP contribution is 2.27. The Morgan fingerprint density at radius 2 is 2.20 bits per heavy atom. The number of nitrogens with one attached hydrogen (secondary N) is 2. The summed E-state index contributed by atoms with van der Waals surface area (Å²) in [6.07, 6.45) is 0.292. The van der Waals surface area contributed by atoms with Crippen molar-refractivity contribution in [3.05, 3.63) is 16.5 Å². The second-order valence-electron chi connectivity index (χ2n) is 4.60. The van der Waals surface area contributed by atoms with Gasteiger partial charge in [0.25, 0.3) is 0 Å². The van der Waals surface area contributed by atoms with E-state index in [1.165, 1.54) is 6.07 Å². The Hall–Kier alpha value is -0.420. The molecule has 0 radical (unpaired) electrons. The van der Waals surface area contributed by atoms with E-state index in [0.717, 1.165) is 0 Å². The minimum Gasteiger partial charge on any atom is -0.452 e. The molecule has 2 heterocycles. The molecule has 1 aromatic heterocycles. The molecule has 20 heavy (non-hydrogen) atoms. The van der Waals surface area contributed by atoms with Crippen LogP contribution in [0.1, 0.15) is 12.2 Å². The van der Waals surface area contributed by atoms with Crippen LogP contribution >= 0.6 is 15.9 Å². The topological polar surface area (TPSA) is 105 Å². The number of sulfonamides is 1. The fourth-order valence-corrected chi connectivity index (χ4v) is 6.06. The van der Waals surface area contributed by atoms with Crippen molar-refractivity contribution in [3.8, 4) is 0 Å². The first-order valence-electron chi connectivity index (χ1n) is 5.89. The molecule has 1 saturated heterocycles. The van der Waals surface area contributed by atoms with Gasteiger partial charge in [-0.3, -0.25) is 0 Å². The van der Waals surface area contributed by atoms with E-state index in [1.807, 2.05) is 0 Å². The summed E-state index contributed by atoms with van der Waals surface area (Å²) in [5, 5.41) is 2.85. The molecule has 114 valence electrons.